The van der Waals surface area contributed by atoms with Gasteiger partial charge in [-0.15, -0.1) is 0 Å². The second-order valence-electron chi connectivity index (χ2n) is 6.77. The number of carbonyl (C=O) groups is 1. The van der Waals surface area contributed by atoms with Gasteiger partial charge in [0.05, 0.1) is 40.8 Å². The number of anilines is 1. The van der Waals surface area contributed by atoms with Gasteiger partial charge < -0.3 is 15.0 Å². The normalized spacial score (nSPS) is 14.7. The van der Waals surface area contributed by atoms with E-state index < -0.39 is 5.56 Å². The monoisotopic (exact) mass is 473 g/mol. The maximum Gasteiger partial charge on any atom is 0.291 e. The molecule has 1 amide bonds. The smallest absolute Gasteiger partial charge is 0.291 e. The topological polar surface area (TPSA) is 79.7 Å². The summed E-state index contributed by atoms with van der Waals surface area (Å²) in [5.41, 5.74) is 0.849. The summed E-state index contributed by atoms with van der Waals surface area (Å²) in [6.45, 7) is 4.31. The van der Waals surface area contributed by atoms with Crippen LogP contribution in [0, 0.1) is 0 Å². The quantitative estimate of drug-likeness (QED) is 0.619. The van der Waals surface area contributed by atoms with Crippen molar-refractivity contribution < 1.29 is 9.53 Å². The summed E-state index contributed by atoms with van der Waals surface area (Å²) >= 11 is 18.3. The van der Waals surface area contributed by atoms with Gasteiger partial charge in [0, 0.05) is 39.8 Å². The summed E-state index contributed by atoms with van der Waals surface area (Å²) in [6.07, 6.45) is 1.32. The van der Waals surface area contributed by atoms with Gasteiger partial charge in [0.25, 0.3) is 5.56 Å². The fraction of sp³-hybridized carbons (Fsp3) is 0.421. The van der Waals surface area contributed by atoms with Gasteiger partial charge in [-0.3, -0.25) is 14.5 Å². The van der Waals surface area contributed by atoms with Crippen LogP contribution in [-0.2, 0) is 9.53 Å². The Kier molecular flexibility index (Phi) is 7.96. The number of carbonyl (C=O) groups excluding carboxylic acids is 1. The highest BCUT2D eigenvalue weighted by Crippen LogP contribution is 2.29. The molecule has 1 fully saturated rings. The second-order valence-corrected chi connectivity index (χ2v) is 7.96. The number of halogens is 3. The fourth-order valence-electron chi connectivity index (χ4n) is 3.18. The Morgan fingerprint density at radius 3 is 2.57 bits per heavy atom. The molecule has 2 aromatic rings. The van der Waals surface area contributed by atoms with Crippen molar-refractivity contribution in [3.05, 3.63) is 49.8 Å². The number of benzene rings is 1. The van der Waals surface area contributed by atoms with Gasteiger partial charge in [0.1, 0.15) is 5.02 Å². The Morgan fingerprint density at radius 2 is 1.90 bits per heavy atom. The van der Waals surface area contributed by atoms with Crippen molar-refractivity contribution in [1.82, 2.24) is 20.0 Å². The zero-order valence-corrected chi connectivity index (χ0v) is 18.7. The van der Waals surface area contributed by atoms with Gasteiger partial charge in [-0.25, -0.2) is 0 Å². The summed E-state index contributed by atoms with van der Waals surface area (Å²) in [7, 11) is 1.60. The van der Waals surface area contributed by atoms with Crippen LogP contribution in [0.25, 0.3) is 5.69 Å². The van der Waals surface area contributed by atoms with Crippen LogP contribution in [0.2, 0.25) is 15.1 Å². The summed E-state index contributed by atoms with van der Waals surface area (Å²) < 4.78 is 6.08. The van der Waals surface area contributed by atoms with E-state index in [0.29, 0.717) is 30.4 Å². The maximum atomic E-state index is 12.3. The molecule has 11 heteroatoms. The minimum absolute atomic E-state index is 0.0116. The minimum atomic E-state index is -0.509. The van der Waals surface area contributed by atoms with E-state index in [1.165, 1.54) is 6.20 Å². The summed E-state index contributed by atoms with van der Waals surface area (Å²) in [6, 6.07) is 5.28. The molecule has 0 bridgehead atoms. The van der Waals surface area contributed by atoms with Crippen molar-refractivity contribution in [2.45, 2.75) is 0 Å². The average molecular weight is 475 g/mol. The van der Waals surface area contributed by atoms with Crippen LogP contribution in [0.15, 0.2) is 29.2 Å². The second kappa shape index (κ2) is 10.5. The molecule has 0 radical (unpaired) electrons. The molecule has 3 rings (SSSR count). The van der Waals surface area contributed by atoms with Gasteiger partial charge in [-0.2, -0.15) is 9.78 Å². The molecule has 0 unspecified atom stereocenters. The molecule has 0 atom stereocenters. The largest absolute Gasteiger partial charge is 0.383 e. The van der Waals surface area contributed by atoms with Crippen LogP contribution in [0.3, 0.4) is 0 Å². The molecule has 30 heavy (non-hydrogen) atoms. The van der Waals surface area contributed by atoms with E-state index in [9.17, 15) is 9.59 Å². The number of nitrogens with zero attached hydrogens (tertiary/aromatic N) is 4. The summed E-state index contributed by atoms with van der Waals surface area (Å²) in [5.74, 6) is -0.0116. The molecule has 1 aromatic heterocycles. The van der Waals surface area contributed by atoms with E-state index in [-0.39, 0.29) is 16.0 Å². The third-order valence-electron chi connectivity index (χ3n) is 4.76. The fourth-order valence-corrected chi connectivity index (χ4v) is 3.73. The zero-order valence-electron chi connectivity index (χ0n) is 16.4. The lowest BCUT2D eigenvalue weighted by Crippen LogP contribution is -2.49. The molecule has 1 aliphatic rings. The number of hydrogen-bond acceptors (Lipinski definition) is 6. The van der Waals surface area contributed by atoms with Crippen LogP contribution in [0.1, 0.15) is 0 Å². The number of piperazine rings is 1. The summed E-state index contributed by atoms with van der Waals surface area (Å²) in [4.78, 5) is 28.5. The highest BCUT2D eigenvalue weighted by molar-refractivity contribution is 6.41. The number of hydrogen-bond donors (Lipinski definition) is 1. The Hall–Kier alpha value is -1.84. The van der Waals surface area contributed by atoms with Crippen LogP contribution in [0.5, 0.6) is 0 Å². The van der Waals surface area contributed by atoms with Gasteiger partial charge >= 0.3 is 0 Å². The van der Waals surface area contributed by atoms with Crippen molar-refractivity contribution in [3.63, 3.8) is 0 Å². The first-order valence-electron chi connectivity index (χ1n) is 9.37. The van der Waals surface area contributed by atoms with E-state index in [0.717, 1.165) is 36.5 Å². The van der Waals surface area contributed by atoms with Gasteiger partial charge in [-0.05, 0) is 18.2 Å². The van der Waals surface area contributed by atoms with Gasteiger partial charge in [-0.1, -0.05) is 34.8 Å². The molecule has 2 heterocycles. The van der Waals surface area contributed by atoms with Gasteiger partial charge in [0.15, 0.2) is 0 Å². The highest BCUT2D eigenvalue weighted by atomic mass is 35.5. The van der Waals surface area contributed by atoms with Gasteiger partial charge in [0.2, 0.25) is 5.91 Å². The Balaban J connectivity index is 1.63. The van der Waals surface area contributed by atoms with Crippen molar-refractivity contribution in [2.75, 3.05) is 57.9 Å². The van der Waals surface area contributed by atoms with Crippen LogP contribution in [0.4, 0.5) is 5.69 Å². The van der Waals surface area contributed by atoms with E-state index in [1.54, 1.807) is 19.2 Å². The number of ether oxygens (including phenoxy) is 1. The molecule has 1 aliphatic heterocycles. The van der Waals surface area contributed by atoms with Crippen molar-refractivity contribution in [2.24, 2.45) is 0 Å². The third-order valence-corrected chi connectivity index (χ3v) is 5.81. The van der Waals surface area contributed by atoms with E-state index >= 15 is 0 Å². The molecule has 8 nitrogen and oxygen atoms in total. The van der Waals surface area contributed by atoms with E-state index in [2.05, 4.69) is 20.2 Å². The predicted molar refractivity (Wildman–Crippen MR) is 118 cm³/mol. The summed E-state index contributed by atoms with van der Waals surface area (Å²) in [5, 5.41) is 7.36. The third kappa shape index (κ3) is 5.44. The lowest BCUT2D eigenvalue weighted by molar-refractivity contribution is -0.122. The number of rotatable bonds is 7. The van der Waals surface area contributed by atoms with E-state index in [1.807, 2.05) is 6.07 Å². The number of aromatic nitrogens is 2. The van der Waals surface area contributed by atoms with Crippen molar-refractivity contribution in [1.29, 1.82) is 0 Å². The number of nitrogens with one attached hydrogen (secondary N) is 1. The number of methoxy groups -OCH3 is 1. The molecule has 1 N–H and O–H groups in total. The molecular weight excluding hydrogens is 453 g/mol. The first kappa shape index (κ1) is 22.8. The Labute approximate surface area is 189 Å². The van der Waals surface area contributed by atoms with Crippen LogP contribution >= 0.6 is 34.8 Å². The SMILES string of the molecule is COCCNC(=O)CN1CCN(c2ccc(-n3ncc(Cl)c(Cl)c3=O)cc2Cl)CC1. The van der Waals surface area contributed by atoms with Crippen molar-refractivity contribution in [3.8, 4) is 5.69 Å². The zero-order chi connectivity index (χ0) is 21.7. The first-order valence-corrected chi connectivity index (χ1v) is 10.5. The lowest BCUT2D eigenvalue weighted by Gasteiger charge is -2.36. The van der Waals surface area contributed by atoms with Crippen LogP contribution < -0.4 is 15.8 Å². The van der Waals surface area contributed by atoms with Crippen molar-refractivity contribution >= 4 is 46.4 Å². The standard InChI is InChI=1S/C19H22Cl3N5O3/c1-30-9-4-23-17(28)12-25-5-7-26(8-6-25)16-3-2-13(10-14(16)20)27-19(29)18(22)15(21)11-24-27/h2-3,10-11H,4-9,12H2,1H3,(H,23,28). The molecule has 0 saturated carbocycles. The lowest BCUT2D eigenvalue weighted by atomic mass is 10.2. The Bertz CT molecular complexity index is 961. The van der Waals surface area contributed by atoms with E-state index in [4.69, 9.17) is 39.5 Å². The molecule has 0 aliphatic carbocycles. The highest BCUT2D eigenvalue weighted by Gasteiger charge is 2.21. The molecular formula is C19H22Cl3N5O3. The molecule has 1 saturated heterocycles. The predicted octanol–water partition coefficient (Wildman–Crippen LogP) is 2.08. The molecule has 162 valence electrons. The first-order chi connectivity index (χ1) is 14.4. The maximum absolute atomic E-state index is 12.3. The minimum Gasteiger partial charge on any atom is -0.383 e. The van der Waals surface area contributed by atoms with Crippen LogP contribution in [-0.4, -0.2) is 73.6 Å². The Morgan fingerprint density at radius 1 is 1.17 bits per heavy atom. The molecule has 1 aromatic carbocycles. The molecule has 0 spiro atoms. The average Bonchev–Trinajstić information content (AvgIpc) is 2.73. The number of amides is 1.